The molecule has 14 nitrogen and oxygen atoms in total. The Hall–Kier alpha value is -2.90. The van der Waals surface area contributed by atoms with Crippen molar-refractivity contribution in [2.75, 3.05) is 18.9 Å². The van der Waals surface area contributed by atoms with E-state index in [0.29, 0.717) is 17.6 Å². The first-order chi connectivity index (χ1) is 17.9. The van der Waals surface area contributed by atoms with E-state index in [2.05, 4.69) is 46.2 Å². The maximum Gasteiger partial charge on any atom is 0.469 e. The molecule has 0 aromatic carbocycles. The van der Waals surface area contributed by atoms with Gasteiger partial charge in [-0.15, -0.1) is 0 Å². The van der Waals surface area contributed by atoms with Gasteiger partial charge in [0.1, 0.15) is 30.3 Å². The number of allylic oxidation sites excluding steroid dienone is 2. The second kappa shape index (κ2) is 11.5. The molecule has 0 bridgehead atoms. The zero-order valence-corrected chi connectivity index (χ0v) is 22.5. The lowest BCUT2D eigenvalue weighted by atomic mass is 9.72. The minimum atomic E-state index is -4.82. The number of nitrogen functional groups attached to an aromatic ring is 1. The van der Waals surface area contributed by atoms with Crippen LogP contribution in [-0.2, 0) is 23.5 Å². The van der Waals surface area contributed by atoms with Crippen molar-refractivity contribution < 1.29 is 33.2 Å². The van der Waals surface area contributed by atoms with Gasteiger partial charge in [0.15, 0.2) is 18.1 Å². The van der Waals surface area contributed by atoms with Gasteiger partial charge in [-0.05, 0) is 31.6 Å². The number of nitrogens with two attached hydrogens (primary N) is 1. The van der Waals surface area contributed by atoms with E-state index in [4.69, 9.17) is 19.8 Å². The van der Waals surface area contributed by atoms with Gasteiger partial charge in [0.25, 0.3) is 5.91 Å². The lowest BCUT2D eigenvalue weighted by molar-refractivity contribution is -0.126. The SMILES string of the molecule is CC1=C(C/C=N/OCC(=O)NC[C@H]2O[C@@H](n3cnc4c(N)ncnc43)C[C@@H]2OP(=O)(O)O)C(C)(C)CCC1. The summed E-state index contributed by atoms with van der Waals surface area (Å²) >= 11 is 0. The van der Waals surface area contributed by atoms with Gasteiger partial charge in [0, 0.05) is 25.6 Å². The summed E-state index contributed by atoms with van der Waals surface area (Å²) < 4.78 is 24.0. The molecule has 2 aromatic heterocycles. The van der Waals surface area contributed by atoms with E-state index >= 15 is 0 Å². The largest absolute Gasteiger partial charge is 0.469 e. The lowest BCUT2D eigenvalue weighted by Gasteiger charge is -2.34. The Labute approximate surface area is 219 Å². The van der Waals surface area contributed by atoms with Gasteiger partial charge in [-0.1, -0.05) is 30.1 Å². The van der Waals surface area contributed by atoms with Crippen molar-refractivity contribution >= 4 is 36.9 Å². The first-order valence-corrected chi connectivity index (χ1v) is 13.9. The van der Waals surface area contributed by atoms with Gasteiger partial charge in [-0.25, -0.2) is 19.5 Å². The molecule has 1 aliphatic heterocycles. The van der Waals surface area contributed by atoms with E-state index in [-0.39, 0.29) is 30.8 Å². The third-order valence-electron chi connectivity index (χ3n) is 6.98. The summed E-state index contributed by atoms with van der Waals surface area (Å²) in [5.74, 6) is -0.276. The van der Waals surface area contributed by atoms with Gasteiger partial charge in [0.2, 0.25) is 0 Å². The summed E-state index contributed by atoms with van der Waals surface area (Å²) in [5, 5.41) is 6.56. The molecule has 0 saturated carbocycles. The van der Waals surface area contributed by atoms with Crippen molar-refractivity contribution in [1.82, 2.24) is 24.8 Å². The number of anilines is 1. The molecule has 1 fully saturated rings. The molecule has 15 heteroatoms. The molecule has 1 amide bonds. The number of ether oxygens (including phenoxy) is 1. The second-order valence-electron chi connectivity index (χ2n) is 10.1. The number of hydrogen-bond donors (Lipinski definition) is 4. The number of carbonyl (C=O) groups is 1. The molecule has 0 radical (unpaired) electrons. The summed E-state index contributed by atoms with van der Waals surface area (Å²) in [4.78, 5) is 48.4. The van der Waals surface area contributed by atoms with Crippen LogP contribution in [0.25, 0.3) is 11.2 Å². The van der Waals surface area contributed by atoms with Crippen LogP contribution in [0.2, 0.25) is 0 Å². The van der Waals surface area contributed by atoms with Crippen LogP contribution >= 0.6 is 7.82 Å². The Balaban J connectivity index is 1.31. The number of rotatable bonds is 10. The van der Waals surface area contributed by atoms with Crippen molar-refractivity contribution in [2.24, 2.45) is 10.6 Å². The fourth-order valence-electron chi connectivity index (χ4n) is 5.09. The number of aromatic nitrogens is 4. The fourth-order valence-corrected chi connectivity index (χ4v) is 5.66. The lowest BCUT2D eigenvalue weighted by Crippen LogP contribution is -2.39. The zero-order chi connectivity index (χ0) is 27.5. The average Bonchev–Trinajstić information content (AvgIpc) is 3.42. The van der Waals surface area contributed by atoms with Gasteiger partial charge in [-0.2, -0.15) is 0 Å². The quantitative estimate of drug-likeness (QED) is 0.146. The van der Waals surface area contributed by atoms with Gasteiger partial charge in [-0.3, -0.25) is 13.9 Å². The summed E-state index contributed by atoms with van der Waals surface area (Å²) in [6.45, 7) is 6.21. The highest BCUT2D eigenvalue weighted by molar-refractivity contribution is 7.46. The standard InChI is InChI=1S/C23H34N7O7P/c1-14-5-4-7-23(2,3)15(14)6-8-29-35-11-18(31)25-10-17-16(37-38(32,33)34)9-19(36-17)30-13-28-20-21(24)26-12-27-22(20)30/h8,12-13,16-17,19H,4-7,9-11H2,1-3H3,(H,25,31)(H2,24,26,27)(H2,32,33,34)/b29-8+/t16-,17+,19+/m0/s1. The normalized spacial score (nSPS) is 23.9. The minimum absolute atomic E-state index is 0.0723. The molecule has 4 rings (SSSR count). The van der Waals surface area contributed by atoms with Crippen LogP contribution in [0, 0.1) is 5.41 Å². The molecular weight excluding hydrogens is 517 g/mol. The predicted octanol–water partition coefficient (Wildman–Crippen LogP) is 2.21. The Morgan fingerprint density at radius 1 is 1.39 bits per heavy atom. The number of oxime groups is 1. The maximum atomic E-state index is 12.3. The van der Waals surface area contributed by atoms with Crippen LogP contribution in [0.3, 0.4) is 0 Å². The molecular formula is C23H34N7O7P. The van der Waals surface area contributed by atoms with Crippen LogP contribution in [0.15, 0.2) is 29.0 Å². The Kier molecular flexibility index (Phi) is 8.48. The molecule has 3 heterocycles. The number of fused-ring (bicyclic) bond motifs is 1. The van der Waals surface area contributed by atoms with E-state index in [1.165, 1.54) is 30.2 Å². The van der Waals surface area contributed by atoms with Crippen molar-refractivity contribution in [3.05, 3.63) is 23.8 Å². The topological polar surface area (TPSA) is 196 Å². The number of nitrogens with one attached hydrogen (secondary N) is 1. The van der Waals surface area contributed by atoms with Crippen molar-refractivity contribution in [3.8, 4) is 0 Å². The molecule has 208 valence electrons. The number of hydrogen-bond acceptors (Lipinski definition) is 10. The Morgan fingerprint density at radius 2 is 2.18 bits per heavy atom. The number of carbonyl (C=O) groups excluding carboxylic acids is 1. The number of amides is 1. The summed E-state index contributed by atoms with van der Waals surface area (Å²) in [7, 11) is -4.82. The number of imidazole rings is 1. The van der Waals surface area contributed by atoms with Crippen molar-refractivity contribution in [3.63, 3.8) is 0 Å². The highest BCUT2D eigenvalue weighted by atomic mass is 31.2. The van der Waals surface area contributed by atoms with Crippen molar-refractivity contribution in [2.45, 2.75) is 71.3 Å². The van der Waals surface area contributed by atoms with E-state index in [1.54, 1.807) is 10.8 Å². The van der Waals surface area contributed by atoms with Crippen LogP contribution < -0.4 is 11.1 Å². The molecule has 0 unspecified atom stereocenters. The van der Waals surface area contributed by atoms with Crippen LogP contribution in [0.4, 0.5) is 5.82 Å². The van der Waals surface area contributed by atoms with E-state index in [0.717, 1.165) is 12.8 Å². The zero-order valence-electron chi connectivity index (χ0n) is 21.6. The van der Waals surface area contributed by atoms with Crippen molar-refractivity contribution in [1.29, 1.82) is 0 Å². The third-order valence-corrected chi connectivity index (χ3v) is 7.52. The minimum Gasteiger partial charge on any atom is -0.386 e. The molecule has 1 saturated heterocycles. The van der Waals surface area contributed by atoms with Crippen LogP contribution in [0.1, 0.15) is 59.1 Å². The smallest absolute Gasteiger partial charge is 0.386 e. The molecule has 3 atom stereocenters. The summed E-state index contributed by atoms with van der Waals surface area (Å²) in [5.41, 5.74) is 9.46. The van der Waals surface area contributed by atoms with E-state index < -0.39 is 32.2 Å². The molecule has 2 aliphatic rings. The van der Waals surface area contributed by atoms with Gasteiger partial charge >= 0.3 is 7.82 Å². The molecule has 38 heavy (non-hydrogen) atoms. The average molecular weight is 552 g/mol. The predicted molar refractivity (Wildman–Crippen MR) is 138 cm³/mol. The van der Waals surface area contributed by atoms with Gasteiger partial charge in [0.05, 0.1) is 6.33 Å². The van der Waals surface area contributed by atoms with Crippen LogP contribution in [0.5, 0.6) is 0 Å². The first kappa shape index (κ1) is 28.1. The number of phosphoric ester groups is 1. The monoisotopic (exact) mass is 551 g/mol. The van der Waals surface area contributed by atoms with E-state index in [1.807, 2.05) is 0 Å². The number of phosphoric acid groups is 1. The van der Waals surface area contributed by atoms with E-state index in [9.17, 15) is 19.1 Å². The third kappa shape index (κ3) is 6.75. The maximum absolute atomic E-state index is 12.3. The number of nitrogens with zero attached hydrogens (tertiary/aromatic N) is 5. The molecule has 1 aliphatic carbocycles. The first-order valence-electron chi connectivity index (χ1n) is 12.4. The van der Waals surface area contributed by atoms with Gasteiger partial charge < -0.3 is 30.4 Å². The highest BCUT2D eigenvalue weighted by Crippen LogP contribution is 2.44. The Bertz CT molecular complexity index is 1270. The summed E-state index contributed by atoms with van der Waals surface area (Å²) in [6.07, 6.45) is 5.96. The second-order valence-corrected chi connectivity index (χ2v) is 11.3. The highest BCUT2D eigenvalue weighted by Gasteiger charge is 2.41. The Morgan fingerprint density at radius 3 is 2.92 bits per heavy atom. The molecule has 2 aromatic rings. The molecule has 0 spiro atoms. The fraction of sp³-hybridized carbons (Fsp3) is 0.609. The van der Waals surface area contributed by atoms with Crippen LogP contribution in [-0.4, -0.2) is 66.8 Å². The molecule has 5 N–H and O–H groups in total. The summed E-state index contributed by atoms with van der Waals surface area (Å²) in [6, 6.07) is 0.